The number of fused-ring (bicyclic) bond motifs is 1. The number of para-hydroxylation sites is 1. The molecule has 1 aliphatic rings. The smallest absolute Gasteiger partial charge is 0.266 e. The molecule has 8 heteroatoms. The first-order valence-electron chi connectivity index (χ1n) is 9.18. The van der Waals surface area contributed by atoms with Gasteiger partial charge >= 0.3 is 0 Å². The lowest BCUT2D eigenvalue weighted by atomic mass is 10.1. The minimum Gasteiger partial charge on any atom is -0.397 e. The Kier molecular flexibility index (Phi) is 5.27. The molecule has 3 aromatic carbocycles. The number of amides is 3. The van der Waals surface area contributed by atoms with Gasteiger partial charge in [0, 0.05) is 11.6 Å². The molecule has 0 saturated carbocycles. The molecule has 0 atom stereocenters. The fourth-order valence-electron chi connectivity index (χ4n) is 3.25. The number of hydrogen-bond acceptors (Lipinski definition) is 4. The van der Waals surface area contributed by atoms with E-state index < -0.39 is 23.5 Å². The summed E-state index contributed by atoms with van der Waals surface area (Å²) in [7, 11) is 0. The minimum absolute atomic E-state index is 0.0244. The summed E-state index contributed by atoms with van der Waals surface area (Å²) >= 11 is 6.03. The summed E-state index contributed by atoms with van der Waals surface area (Å²) in [6.45, 7) is 0. The van der Waals surface area contributed by atoms with Crippen LogP contribution in [0.2, 0.25) is 5.02 Å². The van der Waals surface area contributed by atoms with E-state index >= 15 is 4.39 Å². The van der Waals surface area contributed by atoms with E-state index in [1.54, 1.807) is 30.3 Å². The van der Waals surface area contributed by atoms with Gasteiger partial charge in [0.05, 0.1) is 33.2 Å². The van der Waals surface area contributed by atoms with Crippen molar-refractivity contribution in [1.82, 2.24) is 0 Å². The summed E-state index contributed by atoms with van der Waals surface area (Å²) < 4.78 is 15.1. The highest BCUT2D eigenvalue weighted by Gasteiger charge is 2.37. The second kappa shape index (κ2) is 8.04. The molecule has 154 valence electrons. The Labute approximate surface area is 181 Å². The summed E-state index contributed by atoms with van der Waals surface area (Å²) in [5.41, 5.74) is 6.59. The molecule has 6 nitrogen and oxygen atoms in total. The summed E-state index contributed by atoms with van der Waals surface area (Å²) in [6, 6.07) is 15.3. The van der Waals surface area contributed by atoms with Crippen molar-refractivity contribution >= 4 is 52.5 Å². The number of imide groups is 1. The van der Waals surface area contributed by atoms with Crippen LogP contribution in [0.5, 0.6) is 0 Å². The lowest BCUT2D eigenvalue weighted by Gasteiger charge is -2.15. The van der Waals surface area contributed by atoms with Crippen LogP contribution in [0.3, 0.4) is 0 Å². The van der Waals surface area contributed by atoms with Crippen molar-refractivity contribution in [3.8, 4) is 0 Å². The van der Waals surface area contributed by atoms with Crippen LogP contribution in [0.1, 0.15) is 26.3 Å². The van der Waals surface area contributed by atoms with Crippen molar-refractivity contribution in [2.75, 3.05) is 16.0 Å². The van der Waals surface area contributed by atoms with E-state index in [4.69, 9.17) is 17.3 Å². The number of nitrogens with one attached hydrogen (secondary N) is 1. The average molecular weight is 436 g/mol. The van der Waals surface area contributed by atoms with Crippen LogP contribution >= 0.6 is 11.6 Å². The number of anilines is 3. The van der Waals surface area contributed by atoms with Gasteiger partial charge in [-0.25, -0.2) is 9.29 Å². The summed E-state index contributed by atoms with van der Waals surface area (Å²) in [6.07, 6.45) is 2.34. The molecule has 3 aromatic rings. The first kappa shape index (κ1) is 20.3. The maximum Gasteiger partial charge on any atom is 0.266 e. The lowest BCUT2D eigenvalue weighted by molar-refractivity contribution is -0.111. The average Bonchev–Trinajstić information content (AvgIpc) is 3.01. The minimum atomic E-state index is -0.807. The fraction of sp³-hybridized carbons (Fsp3) is 0. The highest BCUT2D eigenvalue weighted by Crippen LogP contribution is 2.32. The Balaban J connectivity index is 1.60. The maximum atomic E-state index is 15.1. The summed E-state index contributed by atoms with van der Waals surface area (Å²) in [4.78, 5) is 38.3. The molecule has 3 amide bonds. The predicted octanol–water partition coefficient (Wildman–Crippen LogP) is 4.51. The van der Waals surface area contributed by atoms with Gasteiger partial charge in [-0.05, 0) is 36.4 Å². The Morgan fingerprint density at radius 3 is 2.26 bits per heavy atom. The fourth-order valence-corrected chi connectivity index (χ4v) is 3.48. The zero-order chi connectivity index (χ0) is 22.1. The highest BCUT2D eigenvalue weighted by atomic mass is 35.5. The molecule has 0 spiro atoms. The Morgan fingerprint density at radius 1 is 0.968 bits per heavy atom. The quantitative estimate of drug-likeness (QED) is 0.358. The maximum absolute atomic E-state index is 15.1. The van der Waals surface area contributed by atoms with E-state index in [0.29, 0.717) is 0 Å². The zero-order valence-corrected chi connectivity index (χ0v) is 16.7. The van der Waals surface area contributed by atoms with Gasteiger partial charge in [0.1, 0.15) is 0 Å². The van der Waals surface area contributed by atoms with E-state index in [9.17, 15) is 14.4 Å². The SMILES string of the molecule is Nc1cccc(Cl)c1NC(=O)/C=C/c1cccc(N2C(=O)c3ccccc3C2=O)c1F. The third kappa shape index (κ3) is 3.67. The summed E-state index contributed by atoms with van der Waals surface area (Å²) in [5.74, 6) is -2.59. The molecular formula is C23H15ClFN3O3. The topological polar surface area (TPSA) is 92.5 Å². The van der Waals surface area contributed by atoms with Crippen LogP contribution in [-0.2, 0) is 4.79 Å². The van der Waals surface area contributed by atoms with Crippen molar-refractivity contribution < 1.29 is 18.8 Å². The molecule has 0 bridgehead atoms. The number of nitrogens with two attached hydrogens (primary N) is 1. The van der Waals surface area contributed by atoms with E-state index in [2.05, 4.69) is 5.32 Å². The Bertz CT molecular complexity index is 1220. The molecule has 0 saturated heterocycles. The molecule has 0 radical (unpaired) electrons. The monoisotopic (exact) mass is 435 g/mol. The number of rotatable bonds is 4. The molecule has 31 heavy (non-hydrogen) atoms. The van der Waals surface area contributed by atoms with Gasteiger partial charge < -0.3 is 11.1 Å². The number of benzene rings is 3. The molecule has 3 N–H and O–H groups in total. The van der Waals surface area contributed by atoms with Crippen LogP contribution in [0.4, 0.5) is 21.5 Å². The molecule has 0 aliphatic carbocycles. The van der Waals surface area contributed by atoms with E-state index in [1.165, 1.54) is 36.4 Å². The standard InChI is InChI=1S/C23H15ClFN3O3/c24-16-8-4-9-17(26)21(16)27-19(29)12-11-13-5-3-10-18(20(13)25)28-22(30)14-6-1-2-7-15(14)23(28)31/h1-12H,26H2,(H,27,29)/b12-11+. The van der Waals surface area contributed by atoms with Crippen LogP contribution < -0.4 is 16.0 Å². The number of halogens is 2. The summed E-state index contributed by atoms with van der Waals surface area (Å²) in [5, 5.41) is 2.80. The molecular weight excluding hydrogens is 421 g/mol. The Morgan fingerprint density at radius 2 is 1.61 bits per heavy atom. The van der Waals surface area contributed by atoms with Crippen molar-refractivity contribution in [3.05, 3.63) is 94.3 Å². The van der Waals surface area contributed by atoms with Crippen LogP contribution in [-0.4, -0.2) is 17.7 Å². The van der Waals surface area contributed by atoms with Gasteiger partial charge in [-0.15, -0.1) is 0 Å². The van der Waals surface area contributed by atoms with Gasteiger partial charge in [-0.3, -0.25) is 14.4 Å². The highest BCUT2D eigenvalue weighted by molar-refractivity contribution is 6.35. The van der Waals surface area contributed by atoms with Crippen LogP contribution in [0.15, 0.2) is 66.7 Å². The Hall–Kier alpha value is -3.97. The van der Waals surface area contributed by atoms with E-state index in [-0.39, 0.29) is 38.8 Å². The van der Waals surface area contributed by atoms with Crippen molar-refractivity contribution in [2.24, 2.45) is 0 Å². The number of carbonyl (C=O) groups is 3. The first-order chi connectivity index (χ1) is 14.9. The van der Waals surface area contributed by atoms with Gasteiger partial charge in [-0.2, -0.15) is 0 Å². The molecule has 1 heterocycles. The van der Waals surface area contributed by atoms with Crippen molar-refractivity contribution in [3.63, 3.8) is 0 Å². The second-order valence-corrected chi connectivity index (χ2v) is 7.11. The van der Waals surface area contributed by atoms with Gasteiger partial charge in [0.25, 0.3) is 11.8 Å². The van der Waals surface area contributed by atoms with Gasteiger partial charge in [0.15, 0.2) is 5.82 Å². The molecule has 0 aromatic heterocycles. The molecule has 0 fully saturated rings. The second-order valence-electron chi connectivity index (χ2n) is 6.70. The van der Waals surface area contributed by atoms with Crippen LogP contribution in [0, 0.1) is 5.82 Å². The van der Waals surface area contributed by atoms with E-state index in [0.717, 1.165) is 11.0 Å². The van der Waals surface area contributed by atoms with E-state index in [1.807, 2.05) is 0 Å². The number of hydrogen-bond donors (Lipinski definition) is 2. The number of carbonyl (C=O) groups excluding carboxylic acids is 3. The molecule has 4 rings (SSSR count). The zero-order valence-electron chi connectivity index (χ0n) is 15.9. The third-order valence-electron chi connectivity index (χ3n) is 4.75. The third-order valence-corrected chi connectivity index (χ3v) is 5.07. The van der Waals surface area contributed by atoms with Crippen LogP contribution in [0.25, 0.3) is 6.08 Å². The lowest BCUT2D eigenvalue weighted by Crippen LogP contribution is -2.30. The normalized spacial score (nSPS) is 13.0. The van der Waals surface area contributed by atoms with Crippen molar-refractivity contribution in [2.45, 2.75) is 0 Å². The first-order valence-corrected chi connectivity index (χ1v) is 9.55. The predicted molar refractivity (Wildman–Crippen MR) is 118 cm³/mol. The largest absolute Gasteiger partial charge is 0.397 e. The molecule has 0 unspecified atom stereocenters. The number of nitrogens with zero attached hydrogens (tertiary/aromatic N) is 1. The van der Waals surface area contributed by atoms with Crippen molar-refractivity contribution in [1.29, 1.82) is 0 Å². The number of nitrogen functional groups attached to an aromatic ring is 1. The van der Waals surface area contributed by atoms with Gasteiger partial charge in [0.2, 0.25) is 5.91 Å². The molecule has 1 aliphatic heterocycles. The van der Waals surface area contributed by atoms with Gasteiger partial charge in [-0.1, -0.05) is 41.9 Å².